The number of alkyl halides is 2. The Morgan fingerprint density at radius 3 is 2.54 bits per heavy atom. The summed E-state index contributed by atoms with van der Waals surface area (Å²) in [6.07, 6.45) is 1.06. The van der Waals surface area contributed by atoms with Crippen LogP contribution in [0, 0.1) is 5.92 Å². The second-order valence-electron chi connectivity index (χ2n) is 11.7. The van der Waals surface area contributed by atoms with Gasteiger partial charge in [-0.1, -0.05) is 12.1 Å². The summed E-state index contributed by atoms with van der Waals surface area (Å²) < 4.78 is 40.9. The summed E-state index contributed by atoms with van der Waals surface area (Å²) in [5.41, 5.74) is 0.736. The number of hydrogen-bond donors (Lipinski definition) is 1. The summed E-state index contributed by atoms with van der Waals surface area (Å²) in [5.74, 6) is 1.53. The van der Waals surface area contributed by atoms with E-state index in [2.05, 4.69) is 15.2 Å². The Kier molecular flexibility index (Phi) is 7.78. The summed E-state index contributed by atoms with van der Waals surface area (Å²) in [6.45, 7) is 7.94. The van der Waals surface area contributed by atoms with Gasteiger partial charge in [0.25, 0.3) is 6.43 Å². The lowest BCUT2D eigenvalue weighted by Gasteiger charge is -2.44. The highest BCUT2D eigenvalue weighted by Crippen LogP contribution is 2.32. The number of fused-ring (bicyclic) bond motifs is 1. The maximum absolute atomic E-state index is 14.1. The van der Waals surface area contributed by atoms with Crippen LogP contribution in [0.3, 0.4) is 0 Å². The number of nitrogens with zero attached hydrogens (tertiary/aromatic N) is 6. The SMILES string of the molecule is CC1(C)CN(C2CCC(CNc3nc(N4CCOCC4)cc(-n4c(C(F)F)nc5ccccc54)n3)CC2)C(=O)CO1. The second kappa shape index (κ2) is 11.5. The molecule has 10 nitrogen and oxygen atoms in total. The maximum atomic E-state index is 14.1. The summed E-state index contributed by atoms with van der Waals surface area (Å²) in [5, 5.41) is 3.41. The van der Waals surface area contributed by atoms with Crippen molar-refractivity contribution in [2.45, 2.75) is 57.6 Å². The first-order valence-electron chi connectivity index (χ1n) is 14.4. The first kappa shape index (κ1) is 27.8. The van der Waals surface area contributed by atoms with E-state index in [1.54, 1.807) is 30.3 Å². The molecule has 3 aliphatic rings. The first-order valence-corrected chi connectivity index (χ1v) is 14.4. The van der Waals surface area contributed by atoms with Crippen molar-refractivity contribution in [1.82, 2.24) is 24.4 Å². The van der Waals surface area contributed by atoms with Crippen LogP contribution < -0.4 is 10.2 Å². The second-order valence-corrected chi connectivity index (χ2v) is 11.7. The number of rotatable bonds is 7. The molecular formula is C29H37F2N7O3. The van der Waals surface area contributed by atoms with E-state index in [4.69, 9.17) is 19.4 Å². The molecule has 3 fully saturated rings. The van der Waals surface area contributed by atoms with Gasteiger partial charge in [-0.25, -0.2) is 13.8 Å². The minimum Gasteiger partial charge on any atom is -0.378 e. The molecule has 1 aliphatic carbocycles. The van der Waals surface area contributed by atoms with Crippen molar-refractivity contribution in [3.8, 4) is 5.82 Å². The molecule has 2 aliphatic heterocycles. The molecule has 0 radical (unpaired) electrons. The van der Waals surface area contributed by atoms with Crippen molar-refractivity contribution in [2.24, 2.45) is 5.92 Å². The number of anilines is 2. The lowest BCUT2D eigenvalue weighted by Crippen LogP contribution is -2.56. The van der Waals surface area contributed by atoms with Crippen LogP contribution in [0.5, 0.6) is 0 Å². The fourth-order valence-corrected chi connectivity index (χ4v) is 6.11. The highest BCUT2D eigenvalue weighted by Gasteiger charge is 2.37. The molecule has 2 saturated heterocycles. The van der Waals surface area contributed by atoms with Crippen LogP contribution in [0.15, 0.2) is 30.3 Å². The molecule has 1 saturated carbocycles. The molecule has 1 N–H and O–H groups in total. The topological polar surface area (TPSA) is 97.6 Å². The van der Waals surface area contributed by atoms with E-state index in [-0.39, 0.29) is 30.0 Å². The van der Waals surface area contributed by atoms with Gasteiger partial charge in [0, 0.05) is 38.3 Å². The molecule has 41 heavy (non-hydrogen) atoms. The molecule has 0 unspecified atom stereocenters. The highest BCUT2D eigenvalue weighted by atomic mass is 19.3. The monoisotopic (exact) mass is 569 g/mol. The Labute approximate surface area is 238 Å². The molecule has 0 bridgehead atoms. The van der Waals surface area contributed by atoms with Gasteiger partial charge >= 0.3 is 0 Å². The number of carbonyl (C=O) groups excluding carboxylic acids is 1. The van der Waals surface area contributed by atoms with Crippen molar-refractivity contribution in [2.75, 3.05) is 56.2 Å². The summed E-state index contributed by atoms with van der Waals surface area (Å²) in [6, 6.07) is 9.07. The number of benzene rings is 1. The lowest BCUT2D eigenvalue weighted by molar-refractivity contribution is -0.163. The van der Waals surface area contributed by atoms with Crippen LogP contribution in [0.4, 0.5) is 20.5 Å². The van der Waals surface area contributed by atoms with Crippen molar-refractivity contribution in [1.29, 1.82) is 0 Å². The minimum absolute atomic E-state index is 0.0712. The molecule has 6 rings (SSSR count). The third-order valence-corrected chi connectivity index (χ3v) is 8.31. The first-order chi connectivity index (χ1) is 19.8. The van der Waals surface area contributed by atoms with Gasteiger partial charge in [0.1, 0.15) is 18.2 Å². The molecule has 12 heteroatoms. The quantitative estimate of drug-likeness (QED) is 0.452. The number of morpholine rings is 2. The predicted octanol–water partition coefficient (Wildman–Crippen LogP) is 4.20. The van der Waals surface area contributed by atoms with Crippen molar-refractivity contribution >= 4 is 28.7 Å². The molecule has 0 spiro atoms. The molecule has 1 amide bonds. The van der Waals surface area contributed by atoms with Crippen molar-refractivity contribution in [3.63, 3.8) is 0 Å². The van der Waals surface area contributed by atoms with Gasteiger partial charge in [-0.2, -0.15) is 9.97 Å². The van der Waals surface area contributed by atoms with Crippen LogP contribution in [0.1, 0.15) is 51.8 Å². The third-order valence-electron chi connectivity index (χ3n) is 8.31. The van der Waals surface area contributed by atoms with Crippen LogP contribution in [0.2, 0.25) is 0 Å². The van der Waals surface area contributed by atoms with Crippen LogP contribution >= 0.6 is 0 Å². The Morgan fingerprint density at radius 1 is 1.05 bits per heavy atom. The number of imidazole rings is 1. The summed E-state index contributed by atoms with van der Waals surface area (Å²) in [7, 11) is 0. The van der Waals surface area contributed by atoms with E-state index in [0.29, 0.717) is 73.9 Å². The van der Waals surface area contributed by atoms with E-state index in [0.717, 1.165) is 25.7 Å². The normalized spacial score (nSPS) is 23.4. The van der Waals surface area contributed by atoms with Gasteiger partial charge in [-0.05, 0) is 57.6 Å². The third kappa shape index (κ3) is 5.99. The maximum Gasteiger partial charge on any atom is 0.296 e. The van der Waals surface area contributed by atoms with Gasteiger partial charge in [0.2, 0.25) is 11.9 Å². The number of halogens is 2. The highest BCUT2D eigenvalue weighted by molar-refractivity contribution is 5.79. The van der Waals surface area contributed by atoms with E-state index in [1.165, 1.54) is 4.57 Å². The zero-order valence-corrected chi connectivity index (χ0v) is 23.6. The number of carbonyl (C=O) groups is 1. The number of para-hydroxylation sites is 2. The lowest BCUT2D eigenvalue weighted by atomic mass is 9.84. The zero-order chi connectivity index (χ0) is 28.6. The standard InChI is InChI=1S/C29H37F2N7O3/c1-29(2)18-37(25(39)17-41-29)20-9-7-19(8-10-20)16-32-28-34-23(36-11-13-40-14-12-36)15-24(35-28)38-22-6-4-3-5-21(22)33-27(38)26(30)31/h3-6,15,19-20,26H,7-14,16-18H2,1-2H3,(H,32,34,35). The van der Waals surface area contributed by atoms with E-state index in [1.807, 2.05) is 18.7 Å². The summed E-state index contributed by atoms with van der Waals surface area (Å²) in [4.78, 5) is 30.3. The molecule has 1 aromatic carbocycles. The van der Waals surface area contributed by atoms with Gasteiger partial charge in [0.05, 0.1) is 29.8 Å². The van der Waals surface area contributed by atoms with E-state index in [9.17, 15) is 13.6 Å². The molecule has 220 valence electrons. The van der Waals surface area contributed by atoms with Crippen molar-refractivity contribution < 1.29 is 23.0 Å². The van der Waals surface area contributed by atoms with Crippen LogP contribution in [-0.2, 0) is 14.3 Å². The van der Waals surface area contributed by atoms with Gasteiger partial charge in [-0.15, -0.1) is 0 Å². The Balaban J connectivity index is 1.21. The van der Waals surface area contributed by atoms with Crippen molar-refractivity contribution in [3.05, 3.63) is 36.2 Å². The molecule has 2 aromatic heterocycles. The smallest absolute Gasteiger partial charge is 0.296 e. The Bertz CT molecular complexity index is 1380. The predicted molar refractivity (Wildman–Crippen MR) is 151 cm³/mol. The van der Waals surface area contributed by atoms with Crippen LogP contribution in [-0.4, -0.2) is 88.0 Å². The minimum atomic E-state index is -2.76. The fourth-order valence-electron chi connectivity index (χ4n) is 6.11. The molecular weight excluding hydrogens is 532 g/mol. The zero-order valence-electron chi connectivity index (χ0n) is 23.6. The Morgan fingerprint density at radius 2 is 1.78 bits per heavy atom. The number of nitrogens with one attached hydrogen (secondary N) is 1. The molecule has 4 heterocycles. The number of amides is 1. The number of ether oxygens (including phenoxy) is 2. The van der Waals surface area contributed by atoms with E-state index >= 15 is 0 Å². The molecule has 3 aromatic rings. The molecule has 0 atom stereocenters. The summed E-state index contributed by atoms with van der Waals surface area (Å²) >= 11 is 0. The van der Waals surface area contributed by atoms with E-state index < -0.39 is 6.43 Å². The average Bonchev–Trinajstić information content (AvgIpc) is 3.38. The number of aromatic nitrogens is 4. The fraction of sp³-hybridized carbons (Fsp3) is 0.586. The van der Waals surface area contributed by atoms with Gasteiger partial charge in [0.15, 0.2) is 5.82 Å². The van der Waals surface area contributed by atoms with Gasteiger partial charge in [-0.3, -0.25) is 9.36 Å². The van der Waals surface area contributed by atoms with Crippen LogP contribution in [0.25, 0.3) is 16.9 Å². The average molecular weight is 570 g/mol. The number of hydrogen-bond acceptors (Lipinski definition) is 8. The van der Waals surface area contributed by atoms with Gasteiger partial charge < -0.3 is 24.6 Å². The Hall–Kier alpha value is -3.38. The largest absolute Gasteiger partial charge is 0.378 e.